The summed E-state index contributed by atoms with van der Waals surface area (Å²) in [5, 5.41) is 15.3. The lowest BCUT2D eigenvalue weighted by Crippen LogP contribution is -2.25. The van der Waals surface area contributed by atoms with Gasteiger partial charge in [-0.1, -0.05) is 29.5 Å². The van der Waals surface area contributed by atoms with Crippen molar-refractivity contribution in [3.63, 3.8) is 0 Å². The van der Waals surface area contributed by atoms with Crippen LogP contribution in [-0.4, -0.2) is 38.2 Å². The smallest absolute Gasteiger partial charge is 0.251 e. The molecule has 2 heterocycles. The van der Waals surface area contributed by atoms with Crippen LogP contribution < -0.4 is 16.4 Å². The quantitative estimate of drug-likeness (QED) is 0.377. The van der Waals surface area contributed by atoms with Gasteiger partial charge in [-0.05, 0) is 57.2 Å². The second kappa shape index (κ2) is 11.0. The summed E-state index contributed by atoms with van der Waals surface area (Å²) in [6, 6.07) is 7.37. The third-order valence-corrected chi connectivity index (χ3v) is 7.97. The summed E-state index contributed by atoms with van der Waals surface area (Å²) in [5.41, 5.74) is 8.65. The van der Waals surface area contributed by atoms with E-state index in [1.165, 1.54) is 23.1 Å². The van der Waals surface area contributed by atoms with Crippen LogP contribution in [0.3, 0.4) is 0 Å². The van der Waals surface area contributed by atoms with Crippen molar-refractivity contribution in [1.82, 2.24) is 20.1 Å². The zero-order valence-electron chi connectivity index (χ0n) is 19.7. The standard InChI is InChI=1S/C24H28N6O3S2/c1-3-30-18(12-26-22(33)15-8-6-7-14(2)11-15)28-29-24(30)34-13-19(31)27-23-20(21(25)32)16-9-4-5-10-17(16)35-23/h6-8,11H,3-5,9-10,12-13H2,1-2H3,(H2,25,32)(H,26,33)(H,27,31). The number of carbonyl (C=O) groups excluding carboxylic acids is 3. The summed E-state index contributed by atoms with van der Waals surface area (Å²) in [6.45, 7) is 4.71. The van der Waals surface area contributed by atoms with Crippen molar-refractivity contribution < 1.29 is 14.4 Å². The molecule has 1 aliphatic rings. The minimum absolute atomic E-state index is 0.106. The highest BCUT2D eigenvalue weighted by molar-refractivity contribution is 7.99. The second-order valence-electron chi connectivity index (χ2n) is 8.31. The van der Waals surface area contributed by atoms with Gasteiger partial charge in [0.05, 0.1) is 17.9 Å². The molecule has 4 N–H and O–H groups in total. The molecule has 0 saturated carbocycles. The molecule has 184 valence electrons. The van der Waals surface area contributed by atoms with Gasteiger partial charge in [0.15, 0.2) is 11.0 Å². The van der Waals surface area contributed by atoms with Gasteiger partial charge in [0.2, 0.25) is 5.91 Å². The van der Waals surface area contributed by atoms with Gasteiger partial charge in [0.25, 0.3) is 11.8 Å². The van der Waals surface area contributed by atoms with Gasteiger partial charge < -0.3 is 20.9 Å². The van der Waals surface area contributed by atoms with Crippen molar-refractivity contribution in [3.8, 4) is 0 Å². The molecule has 0 bridgehead atoms. The van der Waals surface area contributed by atoms with Gasteiger partial charge in [0, 0.05) is 17.0 Å². The lowest BCUT2D eigenvalue weighted by atomic mass is 9.95. The number of benzene rings is 1. The number of nitrogens with one attached hydrogen (secondary N) is 2. The van der Waals surface area contributed by atoms with Gasteiger partial charge in [-0.2, -0.15) is 0 Å². The van der Waals surface area contributed by atoms with E-state index < -0.39 is 5.91 Å². The molecule has 1 aromatic carbocycles. The molecule has 3 amide bonds. The van der Waals surface area contributed by atoms with Crippen LogP contribution >= 0.6 is 23.1 Å². The van der Waals surface area contributed by atoms with Crippen molar-refractivity contribution >= 4 is 45.8 Å². The summed E-state index contributed by atoms with van der Waals surface area (Å²) >= 11 is 2.70. The molecule has 0 aliphatic heterocycles. The molecule has 35 heavy (non-hydrogen) atoms. The fourth-order valence-corrected chi connectivity index (χ4v) is 6.26. The van der Waals surface area contributed by atoms with E-state index in [4.69, 9.17) is 5.73 Å². The van der Waals surface area contributed by atoms with Crippen molar-refractivity contribution in [2.45, 2.75) is 57.8 Å². The van der Waals surface area contributed by atoms with Gasteiger partial charge in [-0.15, -0.1) is 21.5 Å². The molecule has 9 nitrogen and oxygen atoms in total. The fraction of sp³-hybridized carbons (Fsp3) is 0.375. The number of rotatable bonds is 9. The SMILES string of the molecule is CCn1c(CNC(=O)c2cccc(C)c2)nnc1SCC(=O)Nc1sc2c(c1C(N)=O)CCCC2. The van der Waals surface area contributed by atoms with E-state index in [0.717, 1.165) is 41.7 Å². The van der Waals surface area contributed by atoms with Crippen LogP contribution in [0, 0.1) is 6.92 Å². The molecule has 4 rings (SSSR count). The van der Waals surface area contributed by atoms with Crippen molar-refractivity contribution in [2.75, 3.05) is 11.1 Å². The first-order valence-electron chi connectivity index (χ1n) is 11.5. The first-order valence-corrected chi connectivity index (χ1v) is 13.3. The Hall–Kier alpha value is -3.18. The maximum Gasteiger partial charge on any atom is 0.251 e. The predicted molar refractivity (Wildman–Crippen MR) is 137 cm³/mol. The molecule has 0 fully saturated rings. The van der Waals surface area contributed by atoms with Crippen LogP contribution in [0.25, 0.3) is 0 Å². The van der Waals surface area contributed by atoms with Crippen LogP contribution in [0.1, 0.15) is 62.3 Å². The lowest BCUT2D eigenvalue weighted by Gasteiger charge is -2.11. The number of carbonyl (C=O) groups is 3. The number of aromatic nitrogens is 3. The number of aryl methyl sites for hydroxylation is 2. The Morgan fingerprint density at radius 3 is 2.74 bits per heavy atom. The summed E-state index contributed by atoms with van der Waals surface area (Å²) < 4.78 is 1.87. The van der Waals surface area contributed by atoms with E-state index >= 15 is 0 Å². The third kappa shape index (κ3) is 5.73. The predicted octanol–water partition coefficient (Wildman–Crippen LogP) is 3.31. The summed E-state index contributed by atoms with van der Waals surface area (Å²) in [5.74, 6) is -0.212. The summed E-state index contributed by atoms with van der Waals surface area (Å²) in [7, 11) is 0. The molecule has 1 aliphatic carbocycles. The average molecular weight is 513 g/mol. The number of hydrogen-bond donors (Lipinski definition) is 3. The average Bonchev–Trinajstić information content (AvgIpc) is 3.41. The van der Waals surface area contributed by atoms with Gasteiger partial charge >= 0.3 is 0 Å². The van der Waals surface area contributed by atoms with Crippen molar-refractivity contribution in [3.05, 3.63) is 57.2 Å². The number of thiophene rings is 1. The second-order valence-corrected chi connectivity index (χ2v) is 10.4. The summed E-state index contributed by atoms with van der Waals surface area (Å²) in [6.07, 6.45) is 3.83. The van der Waals surface area contributed by atoms with Crippen molar-refractivity contribution in [2.24, 2.45) is 5.73 Å². The van der Waals surface area contributed by atoms with E-state index in [2.05, 4.69) is 20.8 Å². The highest BCUT2D eigenvalue weighted by Gasteiger charge is 2.25. The van der Waals surface area contributed by atoms with Crippen LogP contribution in [0.15, 0.2) is 29.4 Å². The largest absolute Gasteiger partial charge is 0.365 e. The van der Waals surface area contributed by atoms with E-state index in [9.17, 15) is 14.4 Å². The minimum Gasteiger partial charge on any atom is -0.365 e. The Bertz CT molecular complexity index is 1270. The van der Waals surface area contributed by atoms with Gasteiger partial charge in [0.1, 0.15) is 5.00 Å². The maximum atomic E-state index is 12.7. The number of hydrogen-bond acceptors (Lipinski definition) is 7. The number of primary amides is 1. The molecule has 0 saturated heterocycles. The zero-order valence-corrected chi connectivity index (χ0v) is 21.4. The molecule has 0 atom stereocenters. The van der Waals surface area contributed by atoms with Crippen molar-refractivity contribution in [1.29, 1.82) is 0 Å². The van der Waals surface area contributed by atoms with Gasteiger partial charge in [-0.25, -0.2) is 0 Å². The molecular formula is C24H28N6O3S2. The molecule has 2 aromatic heterocycles. The van der Waals surface area contributed by atoms with E-state index in [1.54, 1.807) is 6.07 Å². The monoisotopic (exact) mass is 512 g/mol. The fourth-order valence-electron chi connectivity index (χ4n) is 4.13. The van der Waals surface area contributed by atoms with E-state index in [-0.39, 0.29) is 24.1 Å². The number of amides is 3. The summed E-state index contributed by atoms with van der Waals surface area (Å²) in [4.78, 5) is 38.3. The maximum absolute atomic E-state index is 12.7. The van der Waals surface area contributed by atoms with E-state index in [0.29, 0.717) is 33.7 Å². The normalized spacial score (nSPS) is 12.7. The molecule has 0 radical (unpaired) electrons. The lowest BCUT2D eigenvalue weighted by molar-refractivity contribution is -0.113. The molecule has 0 spiro atoms. The van der Waals surface area contributed by atoms with Crippen LogP contribution in [0.4, 0.5) is 5.00 Å². The number of nitrogens with two attached hydrogens (primary N) is 1. The van der Waals surface area contributed by atoms with Crippen LogP contribution in [0.2, 0.25) is 0 Å². The molecular weight excluding hydrogens is 484 g/mol. The number of anilines is 1. The number of fused-ring (bicyclic) bond motifs is 1. The van der Waals surface area contributed by atoms with Crippen LogP contribution in [-0.2, 0) is 30.7 Å². The Kier molecular flexibility index (Phi) is 7.86. The highest BCUT2D eigenvalue weighted by Crippen LogP contribution is 2.38. The first-order chi connectivity index (χ1) is 16.9. The third-order valence-electron chi connectivity index (χ3n) is 5.80. The topological polar surface area (TPSA) is 132 Å². The molecule has 0 unspecified atom stereocenters. The minimum atomic E-state index is -0.504. The Labute approximate surface area is 211 Å². The van der Waals surface area contributed by atoms with Gasteiger partial charge in [-0.3, -0.25) is 14.4 Å². The number of thioether (sulfide) groups is 1. The Morgan fingerprint density at radius 1 is 1.20 bits per heavy atom. The van der Waals surface area contributed by atoms with Crippen LogP contribution in [0.5, 0.6) is 0 Å². The highest BCUT2D eigenvalue weighted by atomic mass is 32.2. The zero-order chi connectivity index (χ0) is 24.9. The Morgan fingerprint density at radius 2 is 2.00 bits per heavy atom. The van der Waals surface area contributed by atoms with E-state index in [1.807, 2.05) is 36.6 Å². The molecule has 3 aromatic rings. The molecule has 11 heteroatoms. The first kappa shape index (κ1) is 24.9. The Balaban J connectivity index is 1.37. The number of nitrogens with zero attached hydrogens (tertiary/aromatic N) is 3.